The van der Waals surface area contributed by atoms with Gasteiger partial charge < -0.3 is 9.47 Å². The van der Waals surface area contributed by atoms with Gasteiger partial charge in [0.15, 0.2) is 0 Å². The van der Waals surface area contributed by atoms with Crippen molar-refractivity contribution in [2.45, 2.75) is 45.6 Å². The first-order chi connectivity index (χ1) is 10.2. The molecule has 0 unspecified atom stereocenters. The van der Waals surface area contributed by atoms with Crippen LogP contribution in [0.5, 0.6) is 11.5 Å². The molecule has 3 heteroatoms. The molecule has 3 nitrogen and oxygen atoms in total. The third kappa shape index (κ3) is 3.46. The topological polar surface area (TPSA) is 31.4 Å². The number of hydrogen-bond donors (Lipinski definition) is 0. The fraction of sp³-hybridized carbons (Fsp3) is 0.500. The van der Waals surface area contributed by atoms with Crippen LogP contribution in [0.25, 0.3) is 10.9 Å². The van der Waals surface area contributed by atoms with Gasteiger partial charge in [-0.2, -0.15) is 0 Å². The molecule has 2 aromatic rings. The fourth-order valence-electron chi connectivity index (χ4n) is 2.96. The first-order valence-electron chi connectivity index (χ1n) is 7.90. The zero-order valence-electron chi connectivity index (χ0n) is 12.8. The maximum absolute atomic E-state index is 6.07. The highest BCUT2D eigenvalue weighted by molar-refractivity contribution is 5.86. The Morgan fingerprint density at radius 3 is 2.76 bits per heavy atom. The number of rotatable bonds is 5. The van der Waals surface area contributed by atoms with E-state index < -0.39 is 0 Å². The number of hydrogen-bond acceptors (Lipinski definition) is 3. The van der Waals surface area contributed by atoms with Crippen molar-refractivity contribution in [1.29, 1.82) is 0 Å². The summed E-state index contributed by atoms with van der Waals surface area (Å²) in [5.74, 6) is 2.50. The highest BCUT2D eigenvalue weighted by Gasteiger charge is 2.16. The quantitative estimate of drug-likeness (QED) is 0.805. The van der Waals surface area contributed by atoms with Crippen LogP contribution in [0, 0.1) is 5.92 Å². The SMILES string of the molecule is CC(C)Oc1ccc2nccc(OCC3CCCC3)c2c1. The Morgan fingerprint density at radius 2 is 2.00 bits per heavy atom. The van der Waals surface area contributed by atoms with E-state index in [0.29, 0.717) is 5.92 Å². The predicted octanol–water partition coefficient (Wildman–Crippen LogP) is 4.59. The summed E-state index contributed by atoms with van der Waals surface area (Å²) in [5, 5.41) is 1.04. The molecule has 0 bridgehead atoms. The molecule has 0 N–H and O–H groups in total. The molecular weight excluding hydrogens is 262 g/mol. The van der Waals surface area contributed by atoms with Crippen molar-refractivity contribution in [2.24, 2.45) is 5.92 Å². The maximum Gasteiger partial charge on any atom is 0.130 e. The first-order valence-corrected chi connectivity index (χ1v) is 7.90. The van der Waals surface area contributed by atoms with Crippen LogP contribution in [0.1, 0.15) is 39.5 Å². The van der Waals surface area contributed by atoms with E-state index in [0.717, 1.165) is 29.0 Å². The van der Waals surface area contributed by atoms with E-state index in [1.807, 2.05) is 44.3 Å². The third-order valence-corrected chi connectivity index (χ3v) is 3.99. The van der Waals surface area contributed by atoms with E-state index in [4.69, 9.17) is 9.47 Å². The van der Waals surface area contributed by atoms with Crippen LogP contribution in [-0.2, 0) is 0 Å². The lowest BCUT2D eigenvalue weighted by Gasteiger charge is -2.14. The highest BCUT2D eigenvalue weighted by atomic mass is 16.5. The lowest BCUT2D eigenvalue weighted by Crippen LogP contribution is -2.08. The Kier molecular flexibility index (Phi) is 4.28. The molecule has 0 spiro atoms. The van der Waals surface area contributed by atoms with Crippen LogP contribution in [0.15, 0.2) is 30.5 Å². The minimum Gasteiger partial charge on any atom is -0.493 e. The number of ether oxygens (including phenoxy) is 2. The largest absolute Gasteiger partial charge is 0.493 e. The standard InChI is InChI=1S/C18H23NO2/c1-13(2)21-15-7-8-17-16(11-15)18(9-10-19-17)20-12-14-5-3-4-6-14/h7-11,13-14H,3-6,12H2,1-2H3. The number of fused-ring (bicyclic) bond motifs is 1. The highest BCUT2D eigenvalue weighted by Crippen LogP contribution is 2.30. The average Bonchev–Trinajstić information content (AvgIpc) is 2.97. The lowest BCUT2D eigenvalue weighted by atomic mass is 10.1. The summed E-state index contributed by atoms with van der Waals surface area (Å²) in [7, 11) is 0. The molecule has 112 valence electrons. The van der Waals surface area contributed by atoms with Crippen molar-refractivity contribution in [2.75, 3.05) is 6.61 Å². The van der Waals surface area contributed by atoms with E-state index in [1.165, 1.54) is 25.7 Å². The molecule has 21 heavy (non-hydrogen) atoms. The van der Waals surface area contributed by atoms with Gasteiger partial charge in [0.2, 0.25) is 0 Å². The van der Waals surface area contributed by atoms with Crippen LogP contribution in [0.2, 0.25) is 0 Å². The van der Waals surface area contributed by atoms with Gasteiger partial charge >= 0.3 is 0 Å². The smallest absolute Gasteiger partial charge is 0.130 e. The summed E-state index contributed by atoms with van der Waals surface area (Å²) in [6.07, 6.45) is 7.27. The van der Waals surface area contributed by atoms with Crippen molar-refractivity contribution in [1.82, 2.24) is 4.98 Å². The lowest BCUT2D eigenvalue weighted by molar-refractivity contribution is 0.242. The second kappa shape index (κ2) is 6.33. The molecule has 1 aromatic carbocycles. The van der Waals surface area contributed by atoms with E-state index in [2.05, 4.69) is 4.98 Å². The molecule has 3 rings (SSSR count). The van der Waals surface area contributed by atoms with Gasteiger partial charge in [-0.3, -0.25) is 4.98 Å². The Balaban J connectivity index is 1.82. The van der Waals surface area contributed by atoms with Gasteiger partial charge in [0.05, 0.1) is 18.2 Å². The van der Waals surface area contributed by atoms with Gasteiger partial charge in [-0.1, -0.05) is 12.8 Å². The Morgan fingerprint density at radius 1 is 1.19 bits per heavy atom. The fourth-order valence-corrected chi connectivity index (χ4v) is 2.96. The molecule has 1 aliphatic rings. The van der Waals surface area contributed by atoms with Gasteiger partial charge in [0.1, 0.15) is 11.5 Å². The molecule has 0 atom stereocenters. The molecule has 1 fully saturated rings. The van der Waals surface area contributed by atoms with Crippen LogP contribution in [-0.4, -0.2) is 17.7 Å². The van der Waals surface area contributed by atoms with Crippen LogP contribution < -0.4 is 9.47 Å². The van der Waals surface area contributed by atoms with Gasteiger partial charge in [0, 0.05) is 11.6 Å². The maximum atomic E-state index is 6.07. The van der Waals surface area contributed by atoms with Crippen molar-refractivity contribution in [3.8, 4) is 11.5 Å². The number of pyridine rings is 1. The minimum absolute atomic E-state index is 0.168. The zero-order chi connectivity index (χ0) is 14.7. The Hall–Kier alpha value is -1.77. The average molecular weight is 285 g/mol. The summed E-state index contributed by atoms with van der Waals surface area (Å²) in [6.45, 7) is 4.88. The molecule has 1 aromatic heterocycles. The molecule has 0 saturated heterocycles. The molecule has 0 amide bonds. The normalized spacial score (nSPS) is 15.8. The Labute approximate surface area is 126 Å². The number of benzene rings is 1. The van der Waals surface area contributed by atoms with E-state index in [1.54, 1.807) is 0 Å². The summed E-state index contributed by atoms with van der Waals surface area (Å²) in [5.41, 5.74) is 0.954. The molecule has 1 heterocycles. The molecule has 1 saturated carbocycles. The zero-order valence-corrected chi connectivity index (χ0v) is 12.8. The molecule has 0 radical (unpaired) electrons. The van der Waals surface area contributed by atoms with E-state index >= 15 is 0 Å². The van der Waals surface area contributed by atoms with Crippen molar-refractivity contribution < 1.29 is 9.47 Å². The number of aromatic nitrogens is 1. The van der Waals surface area contributed by atoms with Crippen LogP contribution in [0.4, 0.5) is 0 Å². The van der Waals surface area contributed by atoms with Gasteiger partial charge in [-0.25, -0.2) is 0 Å². The molecule has 0 aliphatic heterocycles. The second-order valence-electron chi connectivity index (χ2n) is 6.12. The first kappa shape index (κ1) is 14.2. The monoisotopic (exact) mass is 285 g/mol. The van der Waals surface area contributed by atoms with Crippen LogP contribution in [0.3, 0.4) is 0 Å². The van der Waals surface area contributed by atoms with Gasteiger partial charge in [-0.15, -0.1) is 0 Å². The van der Waals surface area contributed by atoms with Gasteiger partial charge in [-0.05, 0) is 56.9 Å². The minimum atomic E-state index is 0.168. The van der Waals surface area contributed by atoms with Crippen LogP contribution >= 0.6 is 0 Å². The Bertz CT molecular complexity index is 603. The third-order valence-electron chi connectivity index (χ3n) is 3.99. The van der Waals surface area contributed by atoms with Crippen molar-refractivity contribution >= 4 is 10.9 Å². The van der Waals surface area contributed by atoms with Crippen molar-refractivity contribution in [3.05, 3.63) is 30.5 Å². The molecule has 1 aliphatic carbocycles. The van der Waals surface area contributed by atoms with E-state index in [9.17, 15) is 0 Å². The second-order valence-corrected chi connectivity index (χ2v) is 6.12. The van der Waals surface area contributed by atoms with Gasteiger partial charge in [0.25, 0.3) is 0 Å². The summed E-state index contributed by atoms with van der Waals surface area (Å²) in [4.78, 5) is 4.41. The summed E-state index contributed by atoms with van der Waals surface area (Å²) in [6, 6.07) is 7.95. The number of nitrogens with zero attached hydrogens (tertiary/aromatic N) is 1. The van der Waals surface area contributed by atoms with E-state index in [-0.39, 0.29) is 6.10 Å². The van der Waals surface area contributed by atoms with Crippen molar-refractivity contribution in [3.63, 3.8) is 0 Å². The molecular formula is C18H23NO2. The predicted molar refractivity (Wildman–Crippen MR) is 85.0 cm³/mol. The summed E-state index contributed by atoms with van der Waals surface area (Å²) < 4.78 is 11.8. The summed E-state index contributed by atoms with van der Waals surface area (Å²) >= 11 is 0.